The number of nitrogens with one attached hydrogen (secondary N) is 1. The molecule has 0 spiro atoms. The van der Waals surface area contributed by atoms with E-state index in [2.05, 4.69) is 22.4 Å². The minimum Gasteiger partial charge on any atom is -0.478 e. The van der Waals surface area contributed by atoms with E-state index in [4.69, 9.17) is 21.8 Å². The summed E-state index contributed by atoms with van der Waals surface area (Å²) >= 11 is 5.82. The van der Waals surface area contributed by atoms with Crippen molar-refractivity contribution in [3.05, 3.63) is 47.3 Å². The van der Waals surface area contributed by atoms with Gasteiger partial charge < -0.3 is 15.5 Å². The summed E-state index contributed by atoms with van der Waals surface area (Å²) in [5.74, 6) is -2.51. The van der Waals surface area contributed by atoms with E-state index < -0.39 is 11.9 Å². The molecule has 3 heterocycles. The molecule has 0 aromatic carbocycles. The zero-order valence-corrected chi connectivity index (χ0v) is 13.7. The second kappa shape index (κ2) is 8.61. The zero-order chi connectivity index (χ0) is 17.5. The second-order valence-corrected chi connectivity index (χ2v) is 6.00. The van der Waals surface area contributed by atoms with Gasteiger partial charge in [-0.2, -0.15) is 0 Å². The number of allylic oxidation sites excluding steroid dienone is 1. The van der Waals surface area contributed by atoms with Crippen LogP contribution in [0, 0.1) is 0 Å². The number of nitrogens with zero attached hydrogens (tertiary/aromatic N) is 1. The summed E-state index contributed by atoms with van der Waals surface area (Å²) in [4.78, 5) is 23.3. The number of rotatable bonds is 3. The number of hydrogen-bond donors (Lipinski definition) is 3. The quantitative estimate of drug-likeness (QED) is 0.572. The van der Waals surface area contributed by atoms with Crippen molar-refractivity contribution >= 4 is 29.1 Å². The number of aromatic nitrogens is 1. The summed E-state index contributed by atoms with van der Waals surface area (Å²) in [6.07, 6.45) is 10.4. The van der Waals surface area contributed by atoms with Crippen molar-refractivity contribution in [3.8, 4) is 0 Å². The van der Waals surface area contributed by atoms with Crippen LogP contribution in [0.3, 0.4) is 0 Å². The summed E-state index contributed by atoms with van der Waals surface area (Å²) in [6, 6.07) is 5.19. The molecule has 7 heteroatoms. The van der Waals surface area contributed by atoms with Gasteiger partial charge in [0.05, 0.1) is 0 Å². The van der Waals surface area contributed by atoms with Crippen LogP contribution in [0.4, 0.5) is 0 Å². The number of hydrogen-bond acceptors (Lipinski definition) is 4. The lowest BCUT2D eigenvalue weighted by Gasteiger charge is -2.15. The maximum atomic E-state index is 9.55. The lowest BCUT2D eigenvalue weighted by molar-refractivity contribution is -0.134. The molecule has 2 atom stereocenters. The van der Waals surface area contributed by atoms with E-state index in [1.54, 1.807) is 0 Å². The van der Waals surface area contributed by atoms with E-state index in [0.717, 1.165) is 6.04 Å². The molecule has 2 aliphatic heterocycles. The molecule has 128 valence electrons. The van der Waals surface area contributed by atoms with E-state index in [0.29, 0.717) is 23.3 Å². The summed E-state index contributed by atoms with van der Waals surface area (Å²) < 4.78 is 0. The van der Waals surface area contributed by atoms with Gasteiger partial charge in [0.15, 0.2) is 0 Å². The van der Waals surface area contributed by atoms with E-state index in [1.165, 1.54) is 36.8 Å². The molecule has 1 fully saturated rings. The molecule has 1 aromatic rings. The van der Waals surface area contributed by atoms with Crippen LogP contribution in [0.25, 0.3) is 5.57 Å². The Labute approximate surface area is 144 Å². The third kappa shape index (κ3) is 5.47. The Morgan fingerprint density at radius 3 is 2.46 bits per heavy atom. The molecule has 0 amide bonds. The maximum Gasteiger partial charge on any atom is 0.328 e. The lowest BCUT2D eigenvalue weighted by Crippen LogP contribution is -2.28. The van der Waals surface area contributed by atoms with E-state index in [9.17, 15) is 9.59 Å². The van der Waals surface area contributed by atoms with Gasteiger partial charge in [0, 0.05) is 30.4 Å². The van der Waals surface area contributed by atoms with E-state index in [1.807, 2.05) is 12.3 Å². The normalized spacial score (nSPS) is 22.3. The number of carbonyl (C=O) groups is 2. The fourth-order valence-corrected chi connectivity index (χ4v) is 2.99. The van der Waals surface area contributed by atoms with Crippen LogP contribution in [0.5, 0.6) is 0 Å². The Hall–Kier alpha value is -2.18. The highest BCUT2D eigenvalue weighted by Crippen LogP contribution is 2.31. The van der Waals surface area contributed by atoms with Crippen molar-refractivity contribution < 1.29 is 19.8 Å². The molecule has 1 aromatic heterocycles. The van der Waals surface area contributed by atoms with Gasteiger partial charge in [0.1, 0.15) is 5.15 Å². The van der Waals surface area contributed by atoms with Gasteiger partial charge in [-0.15, -0.1) is 0 Å². The molecule has 0 aliphatic carbocycles. The first-order chi connectivity index (χ1) is 11.5. The number of fused-ring (bicyclic) bond motifs is 2. The average Bonchev–Trinajstić information content (AvgIpc) is 2.88. The Bertz CT molecular complexity index is 639. The first kappa shape index (κ1) is 18.2. The SMILES string of the molecule is Clc1ccc(C2=CCCC3CCC2N3)cn1.O=C(O)C=CC(=O)O. The summed E-state index contributed by atoms with van der Waals surface area (Å²) in [7, 11) is 0. The summed E-state index contributed by atoms with van der Waals surface area (Å²) in [5, 5.41) is 19.9. The number of carboxylic acid groups (broad SMARTS) is 2. The van der Waals surface area contributed by atoms with Crippen LogP contribution < -0.4 is 5.32 Å². The molecule has 6 nitrogen and oxygen atoms in total. The highest BCUT2D eigenvalue weighted by atomic mass is 35.5. The standard InChI is InChI=1S/C13H15ClN2.C4H4O4/c14-13-7-4-9(8-15-13)11-3-1-2-10-5-6-12(11)16-10;5-3(6)1-2-4(7)8/h3-4,7-8,10,12,16H,1-2,5-6H2;1-2H,(H,5,6)(H,7,8). The van der Waals surface area contributed by atoms with Crippen LogP contribution in [-0.2, 0) is 9.59 Å². The van der Waals surface area contributed by atoms with Gasteiger partial charge in [0.25, 0.3) is 0 Å². The van der Waals surface area contributed by atoms with Gasteiger partial charge in [-0.3, -0.25) is 0 Å². The van der Waals surface area contributed by atoms with Crippen LogP contribution in [0.1, 0.15) is 31.2 Å². The molecule has 3 N–H and O–H groups in total. The summed E-state index contributed by atoms with van der Waals surface area (Å²) in [5.41, 5.74) is 2.62. The van der Waals surface area contributed by atoms with Crippen molar-refractivity contribution in [1.82, 2.24) is 10.3 Å². The number of carboxylic acids is 2. The topological polar surface area (TPSA) is 99.5 Å². The second-order valence-electron chi connectivity index (χ2n) is 5.61. The fourth-order valence-electron chi connectivity index (χ4n) is 2.88. The predicted octanol–water partition coefficient (Wildman–Crippen LogP) is 2.74. The summed E-state index contributed by atoms with van der Waals surface area (Å²) in [6.45, 7) is 0. The van der Waals surface area contributed by atoms with Crippen LogP contribution >= 0.6 is 11.6 Å². The smallest absolute Gasteiger partial charge is 0.328 e. The van der Waals surface area contributed by atoms with E-state index >= 15 is 0 Å². The first-order valence-corrected chi connectivity index (χ1v) is 8.05. The molecule has 1 saturated heterocycles. The molecule has 0 radical (unpaired) electrons. The minimum atomic E-state index is -1.26. The van der Waals surface area contributed by atoms with Crippen LogP contribution in [0.2, 0.25) is 5.15 Å². The van der Waals surface area contributed by atoms with Gasteiger partial charge in [-0.05, 0) is 42.9 Å². The minimum absolute atomic E-state index is 0.524. The molecule has 24 heavy (non-hydrogen) atoms. The highest BCUT2D eigenvalue weighted by Gasteiger charge is 2.28. The third-order valence-corrected chi connectivity index (χ3v) is 4.15. The van der Waals surface area contributed by atoms with Gasteiger partial charge >= 0.3 is 11.9 Å². The highest BCUT2D eigenvalue weighted by molar-refractivity contribution is 6.29. The van der Waals surface area contributed by atoms with Crippen molar-refractivity contribution in [2.45, 2.75) is 37.8 Å². The van der Waals surface area contributed by atoms with E-state index in [-0.39, 0.29) is 0 Å². The Morgan fingerprint density at radius 1 is 1.17 bits per heavy atom. The van der Waals surface area contributed by atoms with Gasteiger partial charge in [0.2, 0.25) is 0 Å². The molecular weight excluding hydrogens is 332 g/mol. The Morgan fingerprint density at radius 2 is 1.88 bits per heavy atom. The molecule has 2 bridgehead atoms. The van der Waals surface area contributed by atoms with Crippen molar-refractivity contribution in [3.63, 3.8) is 0 Å². The molecule has 2 unspecified atom stereocenters. The molecule has 3 rings (SSSR count). The van der Waals surface area contributed by atoms with Crippen LogP contribution in [-0.4, -0.2) is 39.2 Å². The zero-order valence-electron chi connectivity index (χ0n) is 13.0. The van der Waals surface area contributed by atoms with Gasteiger partial charge in [-0.1, -0.05) is 23.7 Å². The number of pyridine rings is 1. The fraction of sp³-hybridized carbons (Fsp3) is 0.353. The first-order valence-electron chi connectivity index (χ1n) is 7.67. The monoisotopic (exact) mass is 350 g/mol. The number of aliphatic carboxylic acids is 2. The van der Waals surface area contributed by atoms with Crippen molar-refractivity contribution in [1.29, 1.82) is 0 Å². The molecule has 2 aliphatic rings. The largest absolute Gasteiger partial charge is 0.478 e. The lowest BCUT2D eigenvalue weighted by atomic mass is 9.95. The molecular formula is C17H19ClN2O4. The van der Waals surface area contributed by atoms with Crippen molar-refractivity contribution in [2.75, 3.05) is 0 Å². The van der Waals surface area contributed by atoms with Crippen molar-refractivity contribution in [2.24, 2.45) is 0 Å². The average molecular weight is 351 g/mol. The third-order valence-electron chi connectivity index (χ3n) is 3.92. The molecule has 0 saturated carbocycles. The Kier molecular flexibility index (Phi) is 6.52. The van der Waals surface area contributed by atoms with Crippen LogP contribution in [0.15, 0.2) is 36.6 Å². The predicted molar refractivity (Wildman–Crippen MR) is 90.8 cm³/mol. The maximum absolute atomic E-state index is 9.55. The van der Waals surface area contributed by atoms with Gasteiger partial charge in [-0.25, -0.2) is 14.6 Å². The number of halogens is 1. The Balaban J connectivity index is 0.000000224.